The number of non-ortho nitro benzene ring substituents is 1. The smallest absolute Gasteiger partial charge is 0.287 e. The minimum atomic E-state index is -0.513. The highest BCUT2D eigenvalue weighted by molar-refractivity contribution is 5.75. The highest BCUT2D eigenvalue weighted by atomic mass is 17.0. The fourth-order valence-corrected chi connectivity index (χ4v) is 1.18. The molecule has 0 atom stereocenters. The molecule has 1 aliphatic rings. The number of benzene rings is 1. The minimum Gasteiger partial charge on any atom is -0.351 e. The van der Waals surface area contributed by atoms with E-state index in [9.17, 15) is 14.9 Å². The Hall–Kier alpha value is -2.15. The fourth-order valence-electron chi connectivity index (χ4n) is 1.18. The summed E-state index contributed by atoms with van der Waals surface area (Å²) >= 11 is 0. The second-order valence-electron chi connectivity index (χ2n) is 3.08. The second kappa shape index (κ2) is 4.15. The Labute approximate surface area is 90.2 Å². The van der Waals surface area contributed by atoms with Crippen LogP contribution in [0.3, 0.4) is 0 Å². The lowest BCUT2D eigenvalue weighted by atomic mass is 10.3. The number of nitrogens with zero attached hydrogens (tertiary/aromatic N) is 2. The summed E-state index contributed by atoms with van der Waals surface area (Å²) in [5, 5.41) is 11.2. The summed E-state index contributed by atoms with van der Waals surface area (Å²) in [5.74, 6) is 0.0270. The van der Waals surface area contributed by atoms with Crippen molar-refractivity contribution in [1.82, 2.24) is 5.23 Å². The second-order valence-corrected chi connectivity index (χ2v) is 3.08. The molecule has 1 aliphatic heterocycles. The zero-order valence-corrected chi connectivity index (χ0v) is 8.16. The number of hydrogen-bond donors (Lipinski definition) is 0. The van der Waals surface area contributed by atoms with Crippen LogP contribution >= 0.6 is 0 Å². The maximum absolute atomic E-state index is 11.1. The van der Waals surface area contributed by atoms with Gasteiger partial charge in [-0.1, -0.05) is 0 Å². The first kappa shape index (κ1) is 10.4. The van der Waals surface area contributed by atoms with Crippen molar-refractivity contribution in [2.24, 2.45) is 0 Å². The van der Waals surface area contributed by atoms with Gasteiger partial charge in [0, 0.05) is 12.1 Å². The molecule has 1 aromatic rings. The van der Waals surface area contributed by atoms with E-state index in [0.29, 0.717) is 5.75 Å². The average Bonchev–Trinajstić information content (AvgIpc) is 2.65. The van der Waals surface area contributed by atoms with Gasteiger partial charge in [0.1, 0.15) is 0 Å². The van der Waals surface area contributed by atoms with Crippen molar-refractivity contribution in [2.75, 3.05) is 6.61 Å². The van der Waals surface area contributed by atoms with Crippen molar-refractivity contribution in [3.05, 3.63) is 34.4 Å². The zero-order valence-electron chi connectivity index (χ0n) is 8.16. The molecule has 16 heavy (non-hydrogen) atoms. The normalized spacial score (nSPS) is 15.2. The molecule has 0 radical (unpaired) electrons. The van der Waals surface area contributed by atoms with E-state index in [2.05, 4.69) is 0 Å². The van der Waals surface area contributed by atoms with Gasteiger partial charge < -0.3 is 4.84 Å². The minimum absolute atomic E-state index is 0.0407. The van der Waals surface area contributed by atoms with Gasteiger partial charge in [-0.3, -0.25) is 14.9 Å². The maximum atomic E-state index is 11.1. The van der Waals surface area contributed by atoms with Crippen LogP contribution in [0.2, 0.25) is 0 Å². The van der Waals surface area contributed by atoms with Gasteiger partial charge in [0.2, 0.25) is 0 Å². The molecular formula is C9H8N2O5. The fraction of sp³-hybridized carbons (Fsp3) is 0.222. The van der Waals surface area contributed by atoms with Crippen LogP contribution in [0, 0.1) is 10.1 Å². The number of carbonyl (C=O) groups is 1. The molecule has 2 rings (SSSR count). The van der Waals surface area contributed by atoms with Crippen LogP contribution in [-0.4, -0.2) is 22.7 Å². The summed E-state index contributed by atoms with van der Waals surface area (Å²) < 4.78 is 0. The van der Waals surface area contributed by atoms with Gasteiger partial charge in [-0.05, 0) is 17.4 Å². The van der Waals surface area contributed by atoms with Gasteiger partial charge in [0.05, 0.1) is 18.0 Å². The van der Waals surface area contributed by atoms with E-state index >= 15 is 0 Å². The van der Waals surface area contributed by atoms with E-state index in [1.165, 1.54) is 24.3 Å². The largest absolute Gasteiger partial charge is 0.351 e. The van der Waals surface area contributed by atoms with E-state index < -0.39 is 4.92 Å². The summed E-state index contributed by atoms with van der Waals surface area (Å²) in [7, 11) is 0. The van der Waals surface area contributed by atoms with Crippen molar-refractivity contribution in [2.45, 2.75) is 6.42 Å². The molecule has 0 spiro atoms. The van der Waals surface area contributed by atoms with Crippen LogP contribution in [0.25, 0.3) is 0 Å². The molecule has 0 aliphatic carbocycles. The topological polar surface area (TPSA) is 81.9 Å². The number of amides is 1. The van der Waals surface area contributed by atoms with Gasteiger partial charge >= 0.3 is 0 Å². The van der Waals surface area contributed by atoms with Gasteiger partial charge in [-0.15, -0.1) is 0 Å². The van der Waals surface area contributed by atoms with Crippen LogP contribution in [0.1, 0.15) is 6.42 Å². The molecule has 1 fully saturated rings. The van der Waals surface area contributed by atoms with Crippen molar-refractivity contribution in [3.63, 3.8) is 0 Å². The summed E-state index contributed by atoms with van der Waals surface area (Å²) in [6, 6.07) is 5.37. The quantitative estimate of drug-likeness (QED) is 0.566. The number of hydrogen-bond acceptors (Lipinski definition) is 5. The third kappa shape index (κ3) is 2.09. The van der Waals surface area contributed by atoms with E-state index in [1.54, 1.807) is 0 Å². The summed E-state index contributed by atoms with van der Waals surface area (Å²) in [6.45, 7) is 0.284. The van der Waals surface area contributed by atoms with Crippen LogP contribution < -0.4 is 4.84 Å². The van der Waals surface area contributed by atoms with E-state index in [-0.39, 0.29) is 24.6 Å². The average molecular weight is 224 g/mol. The first-order chi connectivity index (χ1) is 7.66. The lowest BCUT2D eigenvalue weighted by Gasteiger charge is -2.13. The Morgan fingerprint density at radius 1 is 1.38 bits per heavy atom. The highest BCUT2D eigenvalue weighted by Gasteiger charge is 2.24. The summed E-state index contributed by atoms with van der Waals surface area (Å²) in [4.78, 5) is 30.9. The molecule has 0 aromatic heterocycles. The monoisotopic (exact) mass is 224 g/mol. The maximum Gasteiger partial charge on any atom is 0.287 e. The van der Waals surface area contributed by atoms with Gasteiger partial charge in [0.25, 0.3) is 11.6 Å². The van der Waals surface area contributed by atoms with Crippen molar-refractivity contribution >= 4 is 11.6 Å². The van der Waals surface area contributed by atoms with E-state index in [4.69, 9.17) is 9.68 Å². The predicted molar refractivity (Wildman–Crippen MR) is 51.1 cm³/mol. The lowest BCUT2D eigenvalue weighted by Crippen LogP contribution is -2.26. The molecule has 0 unspecified atom stereocenters. The SMILES string of the molecule is O=C1CCON1Oc1ccc([N+](=O)[O-])cc1. The zero-order chi connectivity index (χ0) is 11.5. The first-order valence-corrected chi connectivity index (χ1v) is 4.55. The molecule has 7 nitrogen and oxygen atoms in total. The molecule has 1 heterocycles. The lowest BCUT2D eigenvalue weighted by molar-refractivity contribution is -0.384. The number of carbonyl (C=O) groups excluding carboxylic acids is 1. The molecule has 84 valence electrons. The molecular weight excluding hydrogens is 216 g/mol. The molecule has 0 N–H and O–H groups in total. The Bertz CT molecular complexity index is 416. The molecule has 1 aromatic carbocycles. The number of nitro groups is 1. The molecule has 1 saturated heterocycles. The number of nitro benzene ring substituents is 1. The van der Waals surface area contributed by atoms with Crippen molar-refractivity contribution < 1.29 is 19.4 Å². The molecule has 0 bridgehead atoms. The van der Waals surface area contributed by atoms with Crippen LogP contribution in [0.15, 0.2) is 24.3 Å². The van der Waals surface area contributed by atoms with Crippen molar-refractivity contribution in [3.8, 4) is 5.75 Å². The molecule has 1 amide bonds. The van der Waals surface area contributed by atoms with E-state index in [1.807, 2.05) is 0 Å². The Kier molecular flexibility index (Phi) is 2.69. The van der Waals surface area contributed by atoms with Crippen LogP contribution in [0.4, 0.5) is 5.69 Å². The van der Waals surface area contributed by atoms with Crippen LogP contribution in [-0.2, 0) is 9.63 Å². The van der Waals surface area contributed by atoms with E-state index in [0.717, 1.165) is 5.23 Å². The van der Waals surface area contributed by atoms with Crippen molar-refractivity contribution in [1.29, 1.82) is 0 Å². The standard InChI is InChI=1S/C9H8N2O5/c12-9-5-6-15-11(9)16-8-3-1-7(2-4-8)10(13)14/h1-4H,5-6H2. The Morgan fingerprint density at radius 2 is 2.06 bits per heavy atom. The Morgan fingerprint density at radius 3 is 2.56 bits per heavy atom. The van der Waals surface area contributed by atoms with Gasteiger partial charge in [-0.25, -0.2) is 4.84 Å². The first-order valence-electron chi connectivity index (χ1n) is 4.55. The molecule has 0 saturated carbocycles. The van der Waals surface area contributed by atoms with Gasteiger partial charge in [0.15, 0.2) is 5.75 Å². The predicted octanol–water partition coefficient (Wildman–Crippen LogP) is 1.05. The third-order valence-electron chi connectivity index (χ3n) is 1.96. The van der Waals surface area contributed by atoms with Gasteiger partial charge in [-0.2, -0.15) is 0 Å². The Balaban J connectivity index is 2.05. The molecule has 7 heteroatoms. The third-order valence-corrected chi connectivity index (χ3v) is 1.96. The number of hydroxylamine groups is 2. The van der Waals surface area contributed by atoms with Crippen LogP contribution in [0.5, 0.6) is 5.75 Å². The summed E-state index contributed by atoms with van der Waals surface area (Å²) in [5.41, 5.74) is -0.0407. The highest BCUT2D eigenvalue weighted by Crippen LogP contribution is 2.19. The summed E-state index contributed by atoms with van der Waals surface area (Å²) in [6.07, 6.45) is 0.271. The number of rotatable bonds is 3.